The second-order valence-electron chi connectivity index (χ2n) is 8.10. The summed E-state index contributed by atoms with van der Waals surface area (Å²) in [6.07, 6.45) is 5.24. The predicted octanol–water partition coefficient (Wildman–Crippen LogP) is 4.45. The molecule has 2 aromatic rings. The number of hydrogen-bond donors (Lipinski definition) is 0. The molecule has 8 nitrogen and oxygen atoms in total. The molecule has 2 aliphatic heterocycles. The summed E-state index contributed by atoms with van der Waals surface area (Å²) in [4.78, 5) is 13.2. The van der Waals surface area contributed by atoms with Crippen molar-refractivity contribution in [3.8, 4) is 0 Å². The van der Waals surface area contributed by atoms with Gasteiger partial charge in [0, 0.05) is 25.2 Å². The van der Waals surface area contributed by atoms with Gasteiger partial charge in [-0.2, -0.15) is 5.11 Å². The molecular formula is C23H25N5O3. The Hall–Kier alpha value is -3.10. The van der Waals surface area contributed by atoms with Crippen LogP contribution in [0.4, 0.5) is 11.4 Å². The number of ether oxygens (including phenoxy) is 1. The lowest BCUT2D eigenvalue weighted by Crippen LogP contribution is -2.67. The topological polar surface area (TPSA) is 83.6 Å². The number of nitro groups is 1. The monoisotopic (exact) mass is 419 g/mol. The number of hydrogen-bond acceptors (Lipinski definition) is 7. The molecule has 160 valence electrons. The SMILES string of the molecule is O=[N+]([O-])c1ccc(N2N=N[C@H]3CCC/C(=C\c4ccccc4)[C@]32N2CCOCC2)cc1. The van der Waals surface area contributed by atoms with Crippen molar-refractivity contribution in [3.05, 3.63) is 75.8 Å². The van der Waals surface area contributed by atoms with Gasteiger partial charge in [0.2, 0.25) is 0 Å². The highest BCUT2D eigenvalue weighted by Crippen LogP contribution is 2.49. The van der Waals surface area contributed by atoms with Crippen LogP contribution in [-0.4, -0.2) is 47.8 Å². The van der Waals surface area contributed by atoms with Gasteiger partial charge in [0.05, 0.1) is 23.8 Å². The third-order valence-electron chi connectivity index (χ3n) is 6.40. The van der Waals surface area contributed by atoms with Crippen LogP contribution < -0.4 is 5.01 Å². The number of anilines is 1. The highest BCUT2D eigenvalue weighted by Gasteiger charge is 2.57. The Morgan fingerprint density at radius 2 is 1.84 bits per heavy atom. The lowest BCUT2D eigenvalue weighted by molar-refractivity contribution is -0.384. The van der Waals surface area contributed by atoms with Gasteiger partial charge < -0.3 is 4.74 Å². The Labute approximate surface area is 180 Å². The summed E-state index contributed by atoms with van der Waals surface area (Å²) >= 11 is 0. The standard InChI is InChI=1S/C23H25N5O3/c29-28(30)21-11-9-20(10-12-21)27-23(26-13-15-31-16-14-26)19(7-4-8-22(23)24-25-27)17-18-5-2-1-3-6-18/h1-3,5-6,9-12,17,22H,4,7-8,13-16H2/b19-17+/t22-,23+/m0/s1. The maximum atomic E-state index is 11.1. The van der Waals surface area contributed by atoms with Crippen LogP contribution in [0.3, 0.4) is 0 Å². The van der Waals surface area contributed by atoms with Gasteiger partial charge in [-0.15, -0.1) is 0 Å². The quantitative estimate of drug-likeness (QED) is 0.540. The van der Waals surface area contributed by atoms with E-state index in [1.54, 1.807) is 12.1 Å². The molecule has 2 atom stereocenters. The summed E-state index contributed by atoms with van der Waals surface area (Å²) in [5.74, 6) is 0. The lowest BCUT2D eigenvalue weighted by atomic mass is 9.77. The van der Waals surface area contributed by atoms with Crippen molar-refractivity contribution >= 4 is 17.5 Å². The third kappa shape index (κ3) is 3.41. The lowest BCUT2D eigenvalue weighted by Gasteiger charge is -2.52. The first-order valence-corrected chi connectivity index (χ1v) is 10.7. The zero-order chi connectivity index (χ0) is 21.3. The first kappa shape index (κ1) is 19.8. The predicted molar refractivity (Wildman–Crippen MR) is 118 cm³/mol. The minimum atomic E-state index is -0.520. The van der Waals surface area contributed by atoms with Crippen molar-refractivity contribution in [1.82, 2.24) is 4.90 Å². The molecule has 3 aliphatic rings. The Bertz CT molecular complexity index is 1000. The van der Waals surface area contributed by atoms with Gasteiger partial charge in [0.1, 0.15) is 6.04 Å². The summed E-state index contributed by atoms with van der Waals surface area (Å²) in [6, 6.07) is 17.0. The number of rotatable bonds is 4. The van der Waals surface area contributed by atoms with Crippen LogP contribution in [0.1, 0.15) is 24.8 Å². The highest BCUT2D eigenvalue weighted by molar-refractivity contribution is 5.63. The van der Waals surface area contributed by atoms with Crippen molar-refractivity contribution in [2.24, 2.45) is 10.3 Å². The Morgan fingerprint density at radius 3 is 2.55 bits per heavy atom. The Kier molecular flexibility index (Phi) is 5.25. The minimum Gasteiger partial charge on any atom is -0.379 e. The van der Waals surface area contributed by atoms with Gasteiger partial charge in [-0.3, -0.25) is 15.0 Å². The van der Waals surface area contributed by atoms with E-state index in [0.717, 1.165) is 43.6 Å². The summed E-state index contributed by atoms with van der Waals surface area (Å²) in [6.45, 7) is 2.91. The van der Waals surface area contributed by atoms with Crippen LogP contribution in [-0.2, 0) is 4.74 Å². The molecule has 0 spiro atoms. The average molecular weight is 419 g/mol. The van der Waals surface area contributed by atoms with Crippen LogP contribution >= 0.6 is 0 Å². The molecule has 8 heteroatoms. The fraction of sp³-hybridized carbons (Fsp3) is 0.391. The van der Waals surface area contributed by atoms with Crippen LogP contribution in [0.2, 0.25) is 0 Å². The van der Waals surface area contributed by atoms with E-state index in [9.17, 15) is 10.1 Å². The van der Waals surface area contributed by atoms with Gasteiger partial charge in [0.15, 0.2) is 5.66 Å². The molecule has 0 bridgehead atoms. The maximum absolute atomic E-state index is 11.1. The van der Waals surface area contributed by atoms with Crippen LogP contribution in [0.5, 0.6) is 0 Å². The van der Waals surface area contributed by atoms with Gasteiger partial charge in [-0.25, -0.2) is 5.01 Å². The molecule has 0 radical (unpaired) electrons. The van der Waals surface area contributed by atoms with Crippen LogP contribution in [0.15, 0.2) is 70.5 Å². The van der Waals surface area contributed by atoms with E-state index in [1.807, 2.05) is 23.2 Å². The first-order chi connectivity index (χ1) is 15.2. The van der Waals surface area contributed by atoms with E-state index in [0.29, 0.717) is 13.2 Å². The largest absolute Gasteiger partial charge is 0.379 e. The van der Waals surface area contributed by atoms with Crippen LogP contribution in [0, 0.1) is 10.1 Å². The zero-order valence-electron chi connectivity index (χ0n) is 17.3. The van der Waals surface area contributed by atoms with Crippen molar-refractivity contribution in [2.45, 2.75) is 31.0 Å². The maximum Gasteiger partial charge on any atom is 0.269 e. The van der Waals surface area contributed by atoms with Crippen molar-refractivity contribution in [1.29, 1.82) is 0 Å². The molecule has 0 aromatic heterocycles. The molecule has 2 fully saturated rings. The molecule has 1 saturated carbocycles. The van der Waals surface area contributed by atoms with Gasteiger partial charge >= 0.3 is 0 Å². The van der Waals surface area contributed by atoms with Crippen molar-refractivity contribution in [2.75, 3.05) is 31.3 Å². The smallest absolute Gasteiger partial charge is 0.269 e. The Morgan fingerprint density at radius 1 is 1.10 bits per heavy atom. The normalized spacial score (nSPS) is 27.4. The minimum absolute atomic E-state index is 0.00417. The Balaban J connectivity index is 1.64. The molecular weight excluding hydrogens is 394 g/mol. The van der Waals surface area contributed by atoms with Crippen LogP contribution in [0.25, 0.3) is 6.08 Å². The zero-order valence-corrected chi connectivity index (χ0v) is 17.3. The van der Waals surface area contributed by atoms with E-state index < -0.39 is 5.66 Å². The molecule has 1 aliphatic carbocycles. The average Bonchev–Trinajstić information content (AvgIpc) is 3.22. The van der Waals surface area contributed by atoms with Crippen molar-refractivity contribution < 1.29 is 9.66 Å². The van der Waals surface area contributed by atoms with E-state index in [2.05, 4.69) is 28.3 Å². The number of nitro benzene ring substituents is 1. The molecule has 0 unspecified atom stereocenters. The summed E-state index contributed by atoms with van der Waals surface area (Å²) < 4.78 is 5.66. The number of nitrogens with zero attached hydrogens (tertiary/aromatic N) is 5. The number of benzene rings is 2. The van der Waals surface area contributed by atoms with Gasteiger partial charge in [-0.1, -0.05) is 41.6 Å². The number of non-ortho nitro benzene ring substituents is 1. The highest BCUT2D eigenvalue weighted by atomic mass is 16.6. The fourth-order valence-electron chi connectivity index (χ4n) is 5.03. The summed E-state index contributed by atoms with van der Waals surface area (Å²) in [5.41, 5.74) is 2.79. The third-order valence-corrected chi connectivity index (χ3v) is 6.40. The number of morpholine rings is 1. The van der Waals surface area contributed by atoms with E-state index in [1.165, 1.54) is 17.7 Å². The summed E-state index contributed by atoms with van der Waals surface area (Å²) in [7, 11) is 0. The molecule has 0 N–H and O–H groups in total. The van der Waals surface area contributed by atoms with Gasteiger partial charge in [-0.05, 0) is 42.5 Å². The van der Waals surface area contributed by atoms with Crippen molar-refractivity contribution in [3.63, 3.8) is 0 Å². The van der Waals surface area contributed by atoms with E-state index in [4.69, 9.17) is 9.85 Å². The number of fused-ring (bicyclic) bond motifs is 1. The van der Waals surface area contributed by atoms with E-state index >= 15 is 0 Å². The summed E-state index contributed by atoms with van der Waals surface area (Å²) in [5, 5.41) is 22.5. The van der Waals surface area contributed by atoms with E-state index in [-0.39, 0.29) is 16.7 Å². The molecule has 0 amide bonds. The molecule has 2 heterocycles. The first-order valence-electron chi connectivity index (χ1n) is 10.7. The second-order valence-corrected chi connectivity index (χ2v) is 8.10. The van der Waals surface area contributed by atoms with Gasteiger partial charge in [0.25, 0.3) is 5.69 Å². The molecule has 5 rings (SSSR count). The molecule has 1 saturated heterocycles. The molecule has 2 aromatic carbocycles. The second kappa shape index (κ2) is 8.20. The molecule has 31 heavy (non-hydrogen) atoms. The fourth-order valence-corrected chi connectivity index (χ4v) is 5.03.